The van der Waals surface area contributed by atoms with Crippen LogP contribution in [-0.2, 0) is 6.54 Å². The Balaban J connectivity index is 1.87. The topological polar surface area (TPSA) is 55.9 Å². The van der Waals surface area contributed by atoms with Crippen molar-refractivity contribution < 1.29 is 4.52 Å². The summed E-state index contributed by atoms with van der Waals surface area (Å²) in [4.78, 5) is 0. The van der Waals surface area contributed by atoms with E-state index in [2.05, 4.69) is 29.4 Å². The molecular weight excluding hydrogens is 216 g/mol. The van der Waals surface area contributed by atoms with Crippen LogP contribution in [0.2, 0.25) is 0 Å². The highest BCUT2D eigenvalue weighted by atomic mass is 16.5. The molecule has 0 fully saturated rings. The second-order valence-corrected chi connectivity index (χ2v) is 4.33. The summed E-state index contributed by atoms with van der Waals surface area (Å²) < 4.78 is 7.10. The Hall–Kier alpha value is -1.62. The Kier molecular flexibility index (Phi) is 3.58. The van der Waals surface area contributed by atoms with Crippen LogP contribution in [-0.4, -0.2) is 21.0 Å². The first-order valence-electron chi connectivity index (χ1n) is 5.81. The first kappa shape index (κ1) is 11.9. The fourth-order valence-corrected chi connectivity index (χ4v) is 1.68. The first-order valence-corrected chi connectivity index (χ1v) is 5.81. The third kappa shape index (κ3) is 2.94. The van der Waals surface area contributed by atoms with Gasteiger partial charge in [-0.1, -0.05) is 5.16 Å². The highest BCUT2D eigenvalue weighted by Crippen LogP contribution is 2.10. The average Bonchev–Trinajstić information content (AvgIpc) is 2.95. The molecule has 0 amide bonds. The van der Waals surface area contributed by atoms with Crippen molar-refractivity contribution in [3.8, 4) is 0 Å². The Morgan fingerprint density at radius 2 is 2.29 bits per heavy atom. The molecule has 0 bridgehead atoms. The van der Waals surface area contributed by atoms with Crippen molar-refractivity contribution >= 4 is 0 Å². The zero-order valence-electron chi connectivity index (χ0n) is 10.4. The van der Waals surface area contributed by atoms with Gasteiger partial charge in [0.05, 0.1) is 18.3 Å². The second kappa shape index (κ2) is 5.14. The van der Waals surface area contributed by atoms with E-state index in [9.17, 15) is 0 Å². The smallest absolute Gasteiger partial charge is 0.150 e. The minimum Gasteiger partial charge on any atom is -0.360 e. The molecule has 2 heterocycles. The van der Waals surface area contributed by atoms with Gasteiger partial charge in [0.15, 0.2) is 5.76 Å². The number of hydrogen-bond acceptors (Lipinski definition) is 4. The Morgan fingerprint density at radius 3 is 2.88 bits per heavy atom. The van der Waals surface area contributed by atoms with Crippen LogP contribution >= 0.6 is 0 Å². The third-order valence-electron chi connectivity index (χ3n) is 2.94. The number of rotatable bonds is 5. The lowest BCUT2D eigenvalue weighted by Crippen LogP contribution is -2.33. The third-order valence-corrected chi connectivity index (χ3v) is 2.94. The van der Waals surface area contributed by atoms with Crippen LogP contribution in [0.15, 0.2) is 29.0 Å². The summed E-state index contributed by atoms with van der Waals surface area (Å²) in [6.07, 6.45) is 3.77. The molecule has 2 atom stereocenters. The molecule has 0 aliphatic rings. The van der Waals surface area contributed by atoms with E-state index in [1.807, 2.05) is 29.9 Å². The molecule has 0 spiro atoms. The molecule has 0 aliphatic heterocycles. The largest absolute Gasteiger partial charge is 0.360 e. The van der Waals surface area contributed by atoms with Crippen LogP contribution < -0.4 is 5.32 Å². The van der Waals surface area contributed by atoms with Crippen molar-refractivity contribution in [2.45, 2.75) is 39.4 Å². The second-order valence-electron chi connectivity index (χ2n) is 4.33. The quantitative estimate of drug-likeness (QED) is 0.858. The Bertz CT molecular complexity index is 449. The monoisotopic (exact) mass is 234 g/mol. The SMILES string of the molecule is Cc1cc(CNC(C)C(C)n2cccn2)on1. The van der Waals surface area contributed by atoms with Crippen molar-refractivity contribution in [2.75, 3.05) is 0 Å². The fraction of sp³-hybridized carbons (Fsp3) is 0.500. The van der Waals surface area contributed by atoms with Crippen LogP contribution in [0.25, 0.3) is 0 Å². The van der Waals surface area contributed by atoms with Gasteiger partial charge < -0.3 is 9.84 Å². The molecule has 5 nitrogen and oxygen atoms in total. The van der Waals surface area contributed by atoms with E-state index in [0.29, 0.717) is 18.6 Å². The summed E-state index contributed by atoms with van der Waals surface area (Å²) in [5, 5.41) is 11.5. The van der Waals surface area contributed by atoms with Gasteiger partial charge in [0.1, 0.15) is 0 Å². The minimum absolute atomic E-state index is 0.300. The van der Waals surface area contributed by atoms with Crippen molar-refractivity contribution in [3.63, 3.8) is 0 Å². The Morgan fingerprint density at radius 1 is 1.47 bits per heavy atom. The summed E-state index contributed by atoms with van der Waals surface area (Å²) in [6.45, 7) is 6.88. The lowest BCUT2D eigenvalue weighted by molar-refractivity contribution is 0.328. The molecule has 17 heavy (non-hydrogen) atoms. The standard InChI is InChI=1S/C12H18N4O/c1-9-7-12(17-15-9)8-13-10(2)11(3)16-6-4-5-14-16/h4-7,10-11,13H,8H2,1-3H3. The number of nitrogens with one attached hydrogen (secondary N) is 1. The van der Waals surface area contributed by atoms with Crippen LogP contribution in [0.4, 0.5) is 0 Å². The maximum atomic E-state index is 5.15. The van der Waals surface area contributed by atoms with Gasteiger partial charge in [0.2, 0.25) is 0 Å². The molecule has 0 aliphatic carbocycles. The van der Waals surface area contributed by atoms with E-state index < -0.39 is 0 Å². The molecular formula is C12H18N4O. The van der Waals surface area contributed by atoms with Crippen LogP contribution in [0, 0.1) is 6.92 Å². The van der Waals surface area contributed by atoms with Gasteiger partial charge in [0.25, 0.3) is 0 Å². The fourth-order valence-electron chi connectivity index (χ4n) is 1.68. The van der Waals surface area contributed by atoms with E-state index >= 15 is 0 Å². The van der Waals surface area contributed by atoms with Crippen molar-refractivity contribution in [1.82, 2.24) is 20.3 Å². The zero-order chi connectivity index (χ0) is 12.3. The minimum atomic E-state index is 0.300. The van der Waals surface area contributed by atoms with E-state index in [1.165, 1.54) is 0 Å². The molecule has 0 aromatic carbocycles. The highest BCUT2D eigenvalue weighted by molar-refractivity contribution is 5.02. The van der Waals surface area contributed by atoms with E-state index in [-0.39, 0.29) is 0 Å². The van der Waals surface area contributed by atoms with Gasteiger partial charge in [-0.3, -0.25) is 4.68 Å². The predicted molar refractivity (Wildman–Crippen MR) is 64.5 cm³/mol. The maximum Gasteiger partial charge on any atom is 0.150 e. The van der Waals surface area contributed by atoms with E-state index in [1.54, 1.807) is 6.20 Å². The van der Waals surface area contributed by atoms with E-state index in [4.69, 9.17) is 4.52 Å². The van der Waals surface area contributed by atoms with Gasteiger partial charge in [-0.2, -0.15) is 5.10 Å². The molecule has 2 unspecified atom stereocenters. The molecule has 2 aromatic heterocycles. The molecule has 92 valence electrons. The van der Waals surface area contributed by atoms with Crippen LogP contribution in [0.1, 0.15) is 31.3 Å². The summed E-state index contributed by atoms with van der Waals surface area (Å²) >= 11 is 0. The van der Waals surface area contributed by atoms with E-state index in [0.717, 1.165) is 11.5 Å². The molecule has 5 heteroatoms. The molecule has 0 saturated heterocycles. The molecule has 0 radical (unpaired) electrons. The van der Waals surface area contributed by atoms with Gasteiger partial charge in [0, 0.05) is 24.5 Å². The molecule has 2 rings (SSSR count). The molecule has 2 aromatic rings. The predicted octanol–water partition coefficient (Wildman–Crippen LogP) is 1.92. The lowest BCUT2D eigenvalue weighted by Gasteiger charge is -2.21. The van der Waals surface area contributed by atoms with Gasteiger partial charge in [-0.05, 0) is 26.8 Å². The van der Waals surface area contributed by atoms with Crippen molar-refractivity contribution in [2.24, 2.45) is 0 Å². The lowest BCUT2D eigenvalue weighted by atomic mass is 10.1. The molecule has 0 saturated carbocycles. The van der Waals surface area contributed by atoms with Crippen molar-refractivity contribution in [3.05, 3.63) is 36.0 Å². The average molecular weight is 234 g/mol. The molecule has 1 N–H and O–H groups in total. The summed E-state index contributed by atoms with van der Waals surface area (Å²) in [5.74, 6) is 0.863. The number of nitrogens with zero attached hydrogens (tertiary/aromatic N) is 3. The number of aryl methyl sites for hydroxylation is 1. The Labute approximate surface area is 101 Å². The number of aromatic nitrogens is 3. The van der Waals surface area contributed by atoms with Crippen LogP contribution in [0.5, 0.6) is 0 Å². The highest BCUT2D eigenvalue weighted by Gasteiger charge is 2.14. The van der Waals surface area contributed by atoms with Gasteiger partial charge in [-0.15, -0.1) is 0 Å². The summed E-state index contributed by atoms with van der Waals surface area (Å²) in [6, 6.07) is 4.48. The zero-order valence-corrected chi connectivity index (χ0v) is 10.4. The van der Waals surface area contributed by atoms with Gasteiger partial charge in [-0.25, -0.2) is 0 Å². The number of hydrogen-bond donors (Lipinski definition) is 1. The van der Waals surface area contributed by atoms with Gasteiger partial charge >= 0.3 is 0 Å². The van der Waals surface area contributed by atoms with Crippen LogP contribution in [0.3, 0.4) is 0 Å². The maximum absolute atomic E-state index is 5.15. The normalized spacial score (nSPS) is 14.8. The first-order chi connectivity index (χ1) is 8.16. The summed E-state index contributed by atoms with van der Waals surface area (Å²) in [7, 11) is 0. The summed E-state index contributed by atoms with van der Waals surface area (Å²) in [5.41, 5.74) is 0.912. The van der Waals surface area contributed by atoms with Crippen molar-refractivity contribution in [1.29, 1.82) is 0 Å².